The molecule has 0 amide bonds. The molecule has 0 N–H and O–H groups in total. The Bertz CT molecular complexity index is 1400. The van der Waals surface area contributed by atoms with Gasteiger partial charge in [-0.25, -0.2) is 4.79 Å². The number of phosphoric ester groups is 1. The van der Waals surface area contributed by atoms with E-state index in [0.29, 0.717) is 29.0 Å². The molecule has 0 bridgehead atoms. The summed E-state index contributed by atoms with van der Waals surface area (Å²) < 4.78 is 41.3. The molecule has 3 fully saturated rings. The summed E-state index contributed by atoms with van der Waals surface area (Å²) in [5.41, 5.74) is 2.06. The van der Waals surface area contributed by atoms with Crippen LogP contribution in [0.15, 0.2) is 11.6 Å². The number of unbranched alkanes of at least 4 members (excludes halogenated alkanes) is 15. The summed E-state index contributed by atoms with van der Waals surface area (Å²) in [5.74, 6) is 4.68. The number of fused-ring (bicyclic) bond motifs is 5. The molecule has 0 aromatic rings. The third kappa shape index (κ3) is 18.5. The smallest absolute Gasteiger partial charge is 0.508 e. The Morgan fingerprint density at radius 1 is 0.766 bits per heavy atom. The molecular formula is C54H100NO8P. The van der Waals surface area contributed by atoms with Crippen molar-refractivity contribution in [1.82, 2.24) is 0 Å². The summed E-state index contributed by atoms with van der Waals surface area (Å²) >= 11 is 0. The maximum absolute atomic E-state index is 13.4. The normalized spacial score (nSPS) is 28.7. The number of carbonyl (C=O) groups excluding carboxylic acids is 1. The fourth-order valence-corrected chi connectivity index (χ4v) is 13.5. The molecule has 0 saturated heterocycles. The van der Waals surface area contributed by atoms with Crippen LogP contribution in [0, 0.1) is 46.3 Å². The van der Waals surface area contributed by atoms with Crippen molar-refractivity contribution in [2.24, 2.45) is 46.3 Å². The fourth-order valence-electron chi connectivity index (χ4n) is 12.8. The molecule has 10 heteroatoms. The van der Waals surface area contributed by atoms with Gasteiger partial charge in [0.2, 0.25) is 0 Å². The van der Waals surface area contributed by atoms with Gasteiger partial charge in [-0.2, -0.15) is 0 Å². The van der Waals surface area contributed by atoms with Gasteiger partial charge in [-0.05, 0) is 97.7 Å². The fraction of sp³-hybridized carbons (Fsp3) is 0.944. The SMILES string of the molecule is CCCCCCCCCCCCCCCCCCOCC(COP(=O)([O-])OCC[N+](C)(C)C)OC(=O)O[C@H]1CC[C@@]2(C)C(=CC[C@H]3[C@@H]4CC[C@H]([C@H](C)CCCC(C)C)[C@@]4(C)CC[C@@H]32)C1. The summed E-state index contributed by atoms with van der Waals surface area (Å²) in [4.78, 5) is 26.0. The second-order valence-electron chi connectivity index (χ2n) is 23.2. The third-order valence-electron chi connectivity index (χ3n) is 16.7. The number of hydrogen-bond acceptors (Lipinski definition) is 8. The van der Waals surface area contributed by atoms with Gasteiger partial charge >= 0.3 is 6.16 Å². The van der Waals surface area contributed by atoms with E-state index < -0.39 is 20.1 Å². The highest BCUT2D eigenvalue weighted by molar-refractivity contribution is 7.45. The number of ether oxygens (including phenoxy) is 3. The van der Waals surface area contributed by atoms with Crippen LogP contribution in [-0.2, 0) is 27.8 Å². The Balaban J connectivity index is 1.20. The minimum atomic E-state index is -4.61. The Labute approximate surface area is 393 Å². The minimum absolute atomic E-state index is 0.00389. The first-order valence-corrected chi connectivity index (χ1v) is 28.5. The predicted octanol–water partition coefficient (Wildman–Crippen LogP) is 14.4. The van der Waals surface area contributed by atoms with E-state index in [2.05, 4.69) is 47.6 Å². The molecule has 0 heterocycles. The number of rotatable bonds is 33. The van der Waals surface area contributed by atoms with Gasteiger partial charge in [0.1, 0.15) is 19.3 Å². The Kier molecular flexibility index (Phi) is 24.2. The van der Waals surface area contributed by atoms with Crippen molar-refractivity contribution in [2.45, 2.75) is 227 Å². The quantitative estimate of drug-likeness (QED) is 0.0211. The lowest BCUT2D eigenvalue weighted by atomic mass is 9.47. The molecule has 64 heavy (non-hydrogen) atoms. The Morgan fingerprint density at radius 3 is 2.00 bits per heavy atom. The molecule has 10 atom stereocenters. The third-order valence-corrected chi connectivity index (χ3v) is 17.6. The van der Waals surface area contributed by atoms with Crippen LogP contribution in [-0.4, -0.2) is 77.0 Å². The number of likely N-dealkylation sites (N-methyl/N-ethyl adjacent to an activating group) is 1. The number of phosphoric acid groups is 1. The monoisotopic (exact) mass is 922 g/mol. The average Bonchev–Trinajstić information content (AvgIpc) is 3.59. The summed E-state index contributed by atoms with van der Waals surface area (Å²) in [6.45, 7) is 15.4. The maximum Gasteiger partial charge on any atom is 0.508 e. The second-order valence-corrected chi connectivity index (χ2v) is 24.6. The number of hydrogen-bond donors (Lipinski definition) is 0. The number of nitrogens with zero attached hydrogens (tertiary/aromatic N) is 1. The highest BCUT2D eigenvalue weighted by atomic mass is 31.2. The van der Waals surface area contributed by atoms with Gasteiger partial charge < -0.3 is 32.6 Å². The van der Waals surface area contributed by atoms with Crippen LogP contribution in [0.3, 0.4) is 0 Å². The van der Waals surface area contributed by atoms with E-state index in [1.54, 1.807) is 0 Å². The van der Waals surface area contributed by atoms with Gasteiger partial charge in [0.05, 0.1) is 34.4 Å². The largest absolute Gasteiger partial charge is 0.756 e. The molecule has 3 saturated carbocycles. The van der Waals surface area contributed by atoms with Crippen molar-refractivity contribution < 1.29 is 42.0 Å². The van der Waals surface area contributed by atoms with Crippen molar-refractivity contribution >= 4 is 14.0 Å². The predicted molar refractivity (Wildman–Crippen MR) is 261 cm³/mol. The zero-order chi connectivity index (χ0) is 46.6. The van der Waals surface area contributed by atoms with E-state index in [-0.39, 0.29) is 31.3 Å². The van der Waals surface area contributed by atoms with Crippen molar-refractivity contribution in [3.63, 3.8) is 0 Å². The molecule has 4 aliphatic rings. The number of carbonyl (C=O) groups is 1. The van der Waals surface area contributed by atoms with E-state index >= 15 is 0 Å². The Morgan fingerprint density at radius 2 is 1.39 bits per heavy atom. The second kappa shape index (κ2) is 27.9. The van der Waals surface area contributed by atoms with Gasteiger partial charge in [0.25, 0.3) is 7.82 Å². The lowest BCUT2D eigenvalue weighted by Crippen LogP contribution is -2.51. The molecule has 0 radical (unpaired) electrons. The van der Waals surface area contributed by atoms with Gasteiger partial charge in [-0.15, -0.1) is 0 Å². The lowest BCUT2D eigenvalue weighted by Gasteiger charge is -2.58. The maximum atomic E-state index is 13.4. The number of allylic oxidation sites excluding steroid dienone is 1. The molecule has 0 aromatic heterocycles. The molecule has 0 aliphatic heterocycles. The highest BCUT2D eigenvalue weighted by Crippen LogP contribution is 2.67. The molecule has 4 rings (SSSR count). The molecule has 0 aromatic carbocycles. The van der Waals surface area contributed by atoms with Crippen molar-refractivity contribution in [3.8, 4) is 0 Å². The van der Waals surface area contributed by atoms with Gasteiger partial charge in [0.15, 0.2) is 6.10 Å². The van der Waals surface area contributed by atoms with E-state index in [1.165, 1.54) is 140 Å². The summed E-state index contributed by atoms with van der Waals surface area (Å²) in [6.07, 6.45) is 34.5. The lowest BCUT2D eigenvalue weighted by molar-refractivity contribution is -0.870. The minimum Gasteiger partial charge on any atom is -0.756 e. The summed E-state index contributed by atoms with van der Waals surface area (Å²) in [5, 5.41) is 0. The van der Waals surface area contributed by atoms with E-state index in [1.807, 2.05) is 21.1 Å². The molecule has 374 valence electrons. The van der Waals surface area contributed by atoms with Crippen LogP contribution < -0.4 is 4.89 Å². The topological polar surface area (TPSA) is 103 Å². The summed E-state index contributed by atoms with van der Waals surface area (Å²) in [6, 6.07) is 0. The van der Waals surface area contributed by atoms with Gasteiger partial charge in [0, 0.05) is 13.0 Å². The molecule has 0 spiro atoms. The standard InChI is InChI=1S/C54H100NO8P/c1-10-11-12-13-14-15-16-17-18-19-20-21-22-23-24-25-38-59-41-47(42-61-64(57,58)60-39-37-55(7,8)9)63-52(56)62-46-33-35-53(5)45(40-46)29-30-48-50-32-31-49(44(4)28-26-27-43(2)3)54(50,6)36-34-51(48)53/h29,43-44,46-51H,10-28,30-42H2,1-9H3/t44-,46+,47?,48+,49-,50+,51+,53+,54-/m1/s1. The van der Waals surface area contributed by atoms with Crippen LogP contribution in [0.4, 0.5) is 4.79 Å². The highest BCUT2D eigenvalue weighted by Gasteiger charge is 2.59. The molecule has 9 nitrogen and oxygen atoms in total. The first-order valence-electron chi connectivity index (χ1n) is 27.0. The average molecular weight is 922 g/mol. The zero-order valence-corrected chi connectivity index (χ0v) is 43.9. The number of quaternary nitrogens is 1. The first kappa shape index (κ1) is 55.6. The zero-order valence-electron chi connectivity index (χ0n) is 43.0. The van der Waals surface area contributed by atoms with Crippen molar-refractivity contribution in [3.05, 3.63) is 11.6 Å². The van der Waals surface area contributed by atoms with E-state index in [0.717, 1.165) is 68.1 Å². The van der Waals surface area contributed by atoms with Gasteiger partial charge in [-0.1, -0.05) is 169 Å². The van der Waals surface area contributed by atoms with Crippen molar-refractivity contribution in [2.75, 3.05) is 54.1 Å². The van der Waals surface area contributed by atoms with Crippen LogP contribution in [0.25, 0.3) is 0 Å². The van der Waals surface area contributed by atoms with Crippen LogP contribution in [0.5, 0.6) is 0 Å². The summed E-state index contributed by atoms with van der Waals surface area (Å²) in [7, 11) is 1.29. The van der Waals surface area contributed by atoms with Crippen molar-refractivity contribution in [1.29, 1.82) is 0 Å². The van der Waals surface area contributed by atoms with Crippen LogP contribution >= 0.6 is 7.82 Å². The molecular weight excluding hydrogens is 822 g/mol. The molecule has 4 aliphatic carbocycles. The first-order chi connectivity index (χ1) is 30.5. The van der Waals surface area contributed by atoms with E-state index in [4.69, 9.17) is 23.3 Å². The molecule has 2 unspecified atom stereocenters. The van der Waals surface area contributed by atoms with Crippen LogP contribution in [0.1, 0.15) is 215 Å². The van der Waals surface area contributed by atoms with Crippen LogP contribution in [0.2, 0.25) is 0 Å². The van der Waals surface area contributed by atoms with Gasteiger partial charge in [-0.3, -0.25) is 4.57 Å². The Hall–Kier alpha value is -0.960. The van der Waals surface area contributed by atoms with E-state index in [9.17, 15) is 14.3 Å².